The van der Waals surface area contributed by atoms with Gasteiger partial charge in [0.05, 0.1) is 0 Å². The zero-order valence-corrected chi connectivity index (χ0v) is 16.0. The number of nitrogens with two attached hydrogens (primary N) is 1. The van der Waals surface area contributed by atoms with E-state index in [0.717, 1.165) is 18.9 Å². The van der Waals surface area contributed by atoms with E-state index in [2.05, 4.69) is 20.8 Å². The summed E-state index contributed by atoms with van der Waals surface area (Å²) in [7, 11) is 2.63. The van der Waals surface area contributed by atoms with E-state index in [9.17, 15) is 0 Å². The van der Waals surface area contributed by atoms with Gasteiger partial charge in [-0.1, -0.05) is 39.0 Å². The van der Waals surface area contributed by atoms with Crippen molar-refractivity contribution in [3.05, 3.63) is 0 Å². The minimum Gasteiger partial charge on any atom is -0.377 e. The van der Waals surface area contributed by atoms with Gasteiger partial charge in [-0.25, -0.2) is 0 Å². The van der Waals surface area contributed by atoms with Crippen LogP contribution in [-0.4, -0.2) is 35.7 Å². The van der Waals surface area contributed by atoms with Crippen molar-refractivity contribution in [2.24, 2.45) is 11.7 Å². The molecule has 0 aliphatic carbocycles. The van der Waals surface area contributed by atoms with E-state index in [0.29, 0.717) is 5.92 Å². The second kappa shape index (κ2) is 10.7. The molecule has 0 saturated carbocycles. The van der Waals surface area contributed by atoms with Crippen molar-refractivity contribution in [2.75, 3.05) is 21.3 Å². The minimum absolute atomic E-state index is 0.0881. The third kappa shape index (κ3) is 9.63. The highest BCUT2D eigenvalue weighted by Crippen LogP contribution is 2.27. The van der Waals surface area contributed by atoms with Gasteiger partial charge in [0.15, 0.2) is 0 Å². The van der Waals surface area contributed by atoms with Gasteiger partial charge in [0.25, 0.3) is 0 Å². The molecule has 5 heteroatoms. The van der Waals surface area contributed by atoms with Crippen LogP contribution in [0.25, 0.3) is 0 Å². The maximum Gasteiger partial charge on any atom is 0.500 e. The average Bonchev–Trinajstić information content (AvgIpc) is 2.42. The molecule has 4 nitrogen and oxygen atoms in total. The fraction of sp³-hybridized carbons (Fsp3) is 1.00. The fourth-order valence-corrected chi connectivity index (χ4v) is 4.69. The molecule has 0 aromatic rings. The van der Waals surface area contributed by atoms with Gasteiger partial charge in [0, 0.05) is 32.9 Å². The van der Waals surface area contributed by atoms with Gasteiger partial charge in [-0.15, -0.1) is 0 Å². The lowest BCUT2D eigenvalue weighted by molar-refractivity contribution is 0.122. The number of hydrogen-bond donors (Lipinski definition) is 1. The normalized spacial score (nSPS) is 14.4. The summed E-state index contributed by atoms with van der Waals surface area (Å²) in [6.45, 7) is 6.49. The second-order valence-electron chi connectivity index (χ2n) is 6.74. The van der Waals surface area contributed by atoms with Gasteiger partial charge in [-0.3, -0.25) is 0 Å². The molecule has 0 aliphatic heterocycles. The van der Waals surface area contributed by atoms with Crippen LogP contribution in [0, 0.1) is 5.92 Å². The van der Waals surface area contributed by atoms with E-state index >= 15 is 0 Å². The number of unbranched alkanes of at least 4 members (excludes halogenated alkanes) is 2. The Balaban J connectivity index is 4.32. The smallest absolute Gasteiger partial charge is 0.377 e. The number of hydrogen-bond acceptors (Lipinski definition) is 4. The highest BCUT2D eigenvalue weighted by Gasteiger charge is 2.37. The molecule has 0 radical (unpaired) electrons. The molecule has 0 fully saturated rings. The average molecular weight is 320 g/mol. The first kappa shape index (κ1) is 21.1. The molecule has 0 aliphatic rings. The molecule has 0 saturated heterocycles. The molecule has 2 N–H and O–H groups in total. The van der Waals surface area contributed by atoms with E-state index in [1.165, 1.54) is 32.1 Å². The summed E-state index contributed by atoms with van der Waals surface area (Å²) in [6, 6.07) is 0.881. The molecular formula is C16H37NO3Si. The van der Waals surface area contributed by atoms with Gasteiger partial charge in [0.1, 0.15) is 0 Å². The third-order valence-electron chi connectivity index (χ3n) is 4.06. The monoisotopic (exact) mass is 319 g/mol. The maximum absolute atomic E-state index is 6.21. The summed E-state index contributed by atoms with van der Waals surface area (Å²) >= 11 is 0. The fourth-order valence-electron chi connectivity index (χ4n) is 2.94. The van der Waals surface area contributed by atoms with E-state index in [1.54, 1.807) is 21.3 Å². The molecule has 1 unspecified atom stereocenters. The molecule has 0 rings (SSSR count). The lowest BCUT2D eigenvalue weighted by atomic mass is 9.85. The lowest BCUT2D eigenvalue weighted by Crippen LogP contribution is -2.42. The van der Waals surface area contributed by atoms with E-state index in [1.807, 2.05) is 0 Å². The molecule has 0 aromatic carbocycles. The Bertz CT molecular complexity index is 244. The summed E-state index contributed by atoms with van der Waals surface area (Å²) < 4.78 is 16.5. The van der Waals surface area contributed by atoms with Crippen LogP contribution in [0.5, 0.6) is 0 Å². The summed E-state index contributed by atoms with van der Waals surface area (Å²) in [5, 5.41) is 0. The van der Waals surface area contributed by atoms with Crippen LogP contribution in [0.15, 0.2) is 0 Å². The Morgan fingerprint density at radius 3 is 1.90 bits per heavy atom. The summed E-state index contributed by atoms with van der Waals surface area (Å²) in [5.41, 5.74) is 6.12. The Hall–Kier alpha value is 0.0569. The van der Waals surface area contributed by atoms with E-state index < -0.39 is 8.80 Å². The van der Waals surface area contributed by atoms with Crippen molar-refractivity contribution >= 4 is 8.80 Å². The Morgan fingerprint density at radius 2 is 1.48 bits per heavy atom. The molecule has 0 aromatic heterocycles. The van der Waals surface area contributed by atoms with Gasteiger partial charge >= 0.3 is 8.80 Å². The van der Waals surface area contributed by atoms with Crippen molar-refractivity contribution in [2.45, 2.75) is 77.3 Å². The van der Waals surface area contributed by atoms with Crippen LogP contribution in [0.4, 0.5) is 0 Å². The van der Waals surface area contributed by atoms with E-state index in [4.69, 9.17) is 19.0 Å². The zero-order valence-electron chi connectivity index (χ0n) is 15.0. The highest BCUT2D eigenvalue weighted by atomic mass is 28.4. The Morgan fingerprint density at radius 1 is 0.952 bits per heavy atom. The standard InChI is InChI=1S/C16H37NO3Si/c1-7-8-9-11-15(14-16(2,3)17)12-10-13-21(18-4,19-5)20-6/h15H,7-14,17H2,1-6H3. The third-order valence-corrected chi connectivity index (χ3v) is 6.89. The van der Waals surface area contributed by atoms with Crippen LogP contribution >= 0.6 is 0 Å². The summed E-state index contributed by atoms with van der Waals surface area (Å²) in [6.07, 6.45) is 8.50. The van der Waals surface area contributed by atoms with Gasteiger partial charge in [-0.05, 0) is 32.6 Å². The molecule has 21 heavy (non-hydrogen) atoms. The van der Waals surface area contributed by atoms with E-state index in [-0.39, 0.29) is 5.54 Å². The first-order valence-electron chi connectivity index (χ1n) is 8.26. The van der Waals surface area contributed by atoms with Crippen molar-refractivity contribution in [1.29, 1.82) is 0 Å². The van der Waals surface area contributed by atoms with Crippen LogP contribution in [0.2, 0.25) is 6.04 Å². The molecule has 0 bridgehead atoms. The van der Waals surface area contributed by atoms with Crippen molar-refractivity contribution < 1.29 is 13.3 Å². The second-order valence-corrected chi connectivity index (χ2v) is 9.83. The minimum atomic E-state index is -2.41. The zero-order chi connectivity index (χ0) is 16.4. The van der Waals surface area contributed by atoms with Gasteiger partial charge in [0.2, 0.25) is 0 Å². The SMILES string of the molecule is CCCCCC(CCC[Si](OC)(OC)OC)CC(C)(C)N. The molecule has 0 amide bonds. The molecule has 0 spiro atoms. The Labute approximate surface area is 133 Å². The maximum atomic E-state index is 6.21. The largest absolute Gasteiger partial charge is 0.500 e. The van der Waals surface area contributed by atoms with Crippen LogP contribution in [0.3, 0.4) is 0 Å². The first-order valence-corrected chi connectivity index (χ1v) is 10.2. The van der Waals surface area contributed by atoms with Crippen LogP contribution in [0.1, 0.15) is 65.7 Å². The van der Waals surface area contributed by atoms with Crippen molar-refractivity contribution in [1.82, 2.24) is 0 Å². The molecular weight excluding hydrogens is 282 g/mol. The van der Waals surface area contributed by atoms with Crippen molar-refractivity contribution in [3.63, 3.8) is 0 Å². The summed E-state index contributed by atoms with van der Waals surface area (Å²) in [4.78, 5) is 0. The molecule has 0 heterocycles. The molecule has 1 atom stereocenters. The van der Waals surface area contributed by atoms with Gasteiger partial charge < -0.3 is 19.0 Å². The summed E-state index contributed by atoms with van der Waals surface area (Å²) in [5.74, 6) is 0.689. The predicted molar refractivity (Wildman–Crippen MR) is 91.3 cm³/mol. The number of rotatable bonds is 13. The van der Waals surface area contributed by atoms with Crippen molar-refractivity contribution in [3.8, 4) is 0 Å². The Kier molecular flexibility index (Phi) is 10.8. The predicted octanol–water partition coefficient (Wildman–Crippen LogP) is 3.97. The molecule has 128 valence electrons. The van der Waals surface area contributed by atoms with Crippen LogP contribution < -0.4 is 5.73 Å². The first-order chi connectivity index (χ1) is 9.82. The quantitative estimate of drug-likeness (QED) is 0.412. The highest BCUT2D eigenvalue weighted by molar-refractivity contribution is 6.60. The van der Waals surface area contributed by atoms with Crippen LogP contribution in [-0.2, 0) is 13.3 Å². The van der Waals surface area contributed by atoms with Gasteiger partial charge in [-0.2, -0.15) is 0 Å². The topological polar surface area (TPSA) is 53.7 Å². The lowest BCUT2D eigenvalue weighted by Gasteiger charge is -2.28.